The topological polar surface area (TPSA) is 137 Å². The number of pyridine rings is 1. The van der Waals surface area contributed by atoms with Crippen molar-refractivity contribution in [2.24, 2.45) is 5.73 Å². The average molecular weight is 358 g/mol. The zero-order chi connectivity index (χ0) is 19.4. The van der Waals surface area contributed by atoms with E-state index in [9.17, 15) is 24.5 Å². The van der Waals surface area contributed by atoms with E-state index in [0.717, 1.165) is 22.4 Å². The molecule has 0 aliphatic heterocycles. The Hall–Kier alpha value is -3.49. The van der Waals surface area contributed by atoms with Crippen LogP contribution in [0.25, 0.3) is 0 Å². The van der Waals surface area contributed by atoms with Gasteiger partial charge in [0.05, 0.1) is 11.1 Å². The maximum atomic E-state index is 12.3. The van der Waals surface area contributed by atoms with Crippen LogP contribution in [0, 0.1) is 10.1 Å². The molecular weight excluding hydrogens is 340 g/mol. The number of nitrogens with one attached hydrogen (secondary N) is 1. The highest BCUT2D eigenvalue weighted by Crippen LogP contribution is 2.23. The van der Waals surface area contributed by atoms with E-state index in [1.54, 1.807) is 12.1 Å². The number of nitrogens with zero attached hydrogens (tertiary/aromatic N) is 2. The quantitative estimate of drug-likeness (QED) is 0.597. The number of nitro groups is 1. The van der Waals surface area contributed by atoms with E-state index in [2.05, 4.69) is 5.32 Å². The van der Waals surface area contributed by atoms with Gasteiger partial charge in [0.2, 0.25) is 5.91 Å². The lowest BCUT2D eigenvalue weighted by Gasteiger charge is -2.14. The summed E-state index contributed by atoms with van der Waals surface area (Å²) in [5, 5.41) is 13.7. The van der Waals surface area contributed by atoms with E-state index >= 15 is 0 Å². The fraction of sp³-hybridized carbons (Fsp3) is 0.235. The number of rotatable bonds is 6. The number of carbonyl (C=O) groups excluding carboxylic acids is 2. The Morgan fingerprint density at radius 3 is 2.54 bits per heavy atom. The monoisotopic (exact) mass is 358 g/mol. The minimum Gasteiger partial charge on any atom is -0.365 e. The number of aromatic nitrogens is 1. The molecule has 0 atom stereocenters. The molecule has 2 aromatic rings. The van der Waals surface area contributed by atoms with Gasteiger partial charge in [-0.3, -0.25) is 29.1 Å². The summed E-state index contributed by atoms with van der Waals surface area (Å²) >= 11 is 0. The Morgan fingerprint density at radius 2 is 1.96 bits per heavy atom. The molecule has 9 nitrogen and oxygen atoms in total. The van der Waals surface area contributed by atoms with E-state index in [1.165, 1.54) is 0 Å². The minimum absolute atomic E-state index is 0.161. The van der Waals surface area contributed by atoms with Gasteiger partial charge in [0, 0.05) is 11.8 Å². The summed E-state index contributed by atoms with van der Waals surface area (Å²) in [7, 11) is 0. The first-order valence-electron chi connectivity index (χ1n) is 7.78. The summed E-state index contributed by atoms with van der Waals surface area (Å²) < 4.78 is 0.797. The number of para-hydroxylation sites is 1. The first-order valence-corrected chi connectivity index (χ1v) is 7.78. The second-order valence-corrected chi connectivity index (χ2v) is 5.96. The molecule has 0 aliphatic carbocycles. The van der Waals surface area contributed by atoms with Crippen LogP contribution in [0.3, 0.4) is 0 Å². The molecule has 26 heavy (non-hydrogen) atoms. The summed E-state index contributed by atoms with van der Waals surface area (Å²) in [6, 6.07) is 7.98. The second-order valence-electron chi connectivity index (χ2n) is 5.96. The van der Waals surface area contributed by atoms with Crippen molar-refractivity contribution in [3.8, 4) is 0 Å². The Morgan fingerprint density at radius 1 is 1.31 bits per heavy atom. The van der Waals surface area contributed by atoms with Crippen LogP contribution in [-0.2, 0) is 11.3 Å². The highest BCUT2D eigenvalue weighted by atomic mass is 16.6. The number of anilines is 1. The van der Waals surface area contributed by atoms with Crippen LogP contribution >= 0.6 is 0 Å². The van der Waals surface area contributed by atoms with E-state index in [1.807, 2.05) is 26.0 Å². The molecule has 1 aromatic carbocycles. The van der Waals surface area contributed by atoms with Crippen molar-refractivity contribution in [2.45, 2.75) is 26.3 Å². The molecule has 9 heteroatoms. The lowest BCUT2D eigenvalue weighted by atomic mass is 10.0. The molecule has 0 spiro atoms. The number of benzene rings is 1. The van der Waals surface area contributed by atoms with Gasteiger partial charge in [-0.2, -0.15) is 0 Å². The number of hydrogen-bond acceptors (Lipinski definition) is 5. The van der Waals surface area contributed by atoms with E-state index in [4.69, 9.17) is 5.73 Å². The summed E-state index contributed by atoms with van der Waals surface area (Å²) in [5.74, 6) is -1.50. The Kier molecular flexibility index (Phi) is 5.51. The van der Waals surface area contributed by atoms with Crippen LogP contribution in [0.4, 0.5) is 11.4 Å². The number of primary amides is 1. The molecule has 0 radical (unpaired) electrons. The molecule has 2 amide bonds. The van der Waals surface area contributed by atoms with Crippen LogP contribution in [0.2, 0.25) is 0 Å². The molecule has 1 heterocycles. The first kappa shape index (κ1) is 18.8. The predicted molar refractivity (Wildman–Crippen MR) is 95.0 cm³/mol. The van der Waals surface area contributed by atoms with Crippen molar-refractivity contribution in [3.63, 3.8) is 0 Å². The van der Waals surface area contributed by atoms with Gasteiger partial charge in [0.15, 0.2) is 0 Å². The molecule has 0 saturated carbocycles. The molecule has 3 N–H and O–H groups in total. The molecule has 136 valence electrons. The van der Waals surface area contributed by atoms with Crippen molar-refractivity contribution in [1.29, 1.82) is 0 Å². The highest BCUT2D eigenvalue weighted by molar-refractivity contribution is 5.94. The molecule has 0 aliphatic rings. The van der Waals surface area contributed by atoms with Gasteiger partial charge in [-0.25, -0.2) is 0 Å². The van der Waals surface area contributed by atoms with Crippen molar-refractivity contribution in [2.75, 3.05) is 5.32 Å². The Labute approximate surface area is 148 Å². The van der Waals surface area contributed by atoms with Gasteiger partial charge in [-0.05, 0) is 17.5 Å². The molecule has 0 unspecified atom stereocenters. The minimum atomic E-state index is -1.10. The van der Waals surface area contributed by atoms with Crippen LogP contribution in [0.15, 0.2) is 41.3 Å². The second kappa shape index (κ2) is 7.60. The third-order valence-corrected chi connectivity index (χ3v) is 3.72. The van der Waals surface area contributed by atoms with Gasteiger partial charge < -0.3 is 11.1 Å². The standard InChI is InChI=1S/C17H18N4O5/c1-10(2)12-5-3-4-6-14(12)19-15(22)9-20-8-11(21(25)26)7-13(16(18)23)17(20)24/h3-8,10H,9H2,1-2H3,(H2,18,23)(H,19,22). The fourth-order valence-electron chi connectivity index (χ4n) is 2.47. The summed E-state index contributed by atoms with van der Waals surface area (Å²) in [6.07, 6.45) is 0.905. The SMILES string of the molecule is CC(C)c1ccccc1NC(=O)Cn1cc([N+](=O)[O-])cc(C(N)=O)c1=O. The largest absolute Gasteiger partial charge is 0.365 e. The van der Waals surface area contributed by atoms with Crippen LogP contribution in [-0.4, -0.2) is 21.3 Å². The van der Waals surface area contributed by atoms with E-state index in [-0.39, 0.29) is 5.92 Å². The maximum Gasteiger partial charge on any atom is 0.286 e. The smallest absolute Gasteiger partial charge is 0.286 e. The van der Waals surface area contributed by atoms with Crippen molar-refractivity contribution in [3.05, 3.63) is 68.1 Å². The Balaban J connectivity index is 2.34. The van der Waals surface area contributed by atoms with E-state index in [0.29, 0.717) is 5.69 Å². The van der Waals surface area contributed by atoms with Crippen molar-refractivity contribution >= 4 is 23.2 Å². The third kappa shape index (κ3) is 4.12. The van der Waals surface area contributed by atoms with Gasteiger partial charge in [0.25, 0.3) is 17.2 Å². The summed E-state index contributed by atoms with van der Waals surface area (Å²) in [6.45, 7) is 3.44. The number of hydrogen-bond donors (Lipinski definition) is 2. The van der Waals surface area contributed by atoms with Crippen LogP contribution in [0.1, 0.15) is 35.7 Å². The van der Waals surface area contributed by atoms with Gasteiger partial charge in [-0.1, -0.05) is 32.0 Å². The third-order valence-electron chi connectivity index (χ3n) is 3.72. The average Bonchev–Trinajstić information content (AvgIpc) is 2.56. The maximum absolute atomic E-state index is 12.3. The lowest BCUT2D eigenvalue weighted by Crippen LogP contribution is -2.33. The number of nitrogens with two attached hydrogens (primary N) is 1. The zero-order valence-electron chi connectivity index (χ0n) is 14.3. The Bertz CT molecular complexity index is 933. The molecular formula is C17H18N4O5. The lowest BCUT2D eigenvalue weighted by molar-refractivity contribution is -0.385. The summed E-state index contributed by atoms with van der Waals surface area (Å²) in [5.41, 5.74) is 4.66. The van der Waals surface area contributed by atoms with Gasteiger partial charge >= 0.3 is 0 Å². The normalized spacial score (nSPS) is 10.6. The molecule has 0 fully saturated rings. The van der Waals surface area contributed by atoms with Crippen molar-refractivity contribution in [1.82, 2.24) is 4.57 Å². The molecule has 2 rings (SSSR count). The van der Waals surface area contributed by atoms with Crippen molar-refractivity contribution < 1.29 is 14.5 Å². The van der Waals surface area contributed by atoms with E-state index < -0.39 is 40.1 Å². The first-order chi connectivity index (χ1) is 12.2. The van der Waals surface area contributed by atoms with Crippen LogP contribution in [0.5, 0.6) is 0 Å². The molecule has 0 bridgehead atoms. The highest BCUT2D eigenvalue weighted by Gasteiger charge is 2.19. The van der Waals surface area contributed by atoms with Gasteiger partial charge in [-0.15, -0.1) is 0 Å². The molecule has 1 aromatic heterocycles. The number of carbonyl (C=O) groups is 2. The van der Waals surface area contributed by atoms with Gasteiger partial charge in [0.1, 0.15) is 12.1 Å². The van der Waals surface area contributed by atoms with Crippen LogP contribution < -0.4 is 16.6 Å². The zero-order valence-corrected chi connectivity index (χ0v) is 14.3. The predicted octanol–water partition coefficient (Wildman–Crippen LogP) is 1.62. The fourth-order valence-corrected chi connectivity index (χ4v) is 2.47. The summed E-state index contributed by atoms with van der Waals surface area (Å²) in [4.78, 5) is 46.1. The number of amides is 2. The molecule has 0 saturated heterocycles.